The number of hydrogen-bond donors (Lipinski definition) is 1. The Kier molecular flexibility index (Phi) is 4.33. The maximum atomic E-state index is 10.7. The van der Waals surface area contributed by atoms with Gasteiger partial charge in [-0.05, 0) is 49.6 Å². The molecule has 5 nitrogen and oxygen atoms in total. The van der Waals surface area contributed by atoms with E-state index in [0.29, 0.717) is 5.69 Å². The van der Waals surface area contributed by atoms with Crippen molar-refractivity contribution in [2.45, 2.75) is 20.8 Å². The average Bonchev–Trinajstić information content (AvgIpc) is 2.48. The van der Waals surface area contributed by atoms with Gasteiger partial charge in [-0.3, -0.25) is 15.5 Å². The van der Waals surface area contributed by atoms with Gasteiger partial charge in [0.15, 0.2) is 0 Å². The fraction of sp³-hybridized carbons (Fsp3) is 0.188. The fourth-order valence-electron chi connectivity index (χ4n) is 1.87. The van der Waals surface area contributed by atoms with Crippen LogP contribution < -0.4 is 5.43 Å². The molecule has 2 aromatic carbocycles. The second kappa shape index (κ2) is 6.17. The normalized spacial score (nSPS) is 11.3. The minimum Gasteiger partial charge on any atom is -0.278 e. The van der Waals surface area contributed by atoms with E-state index in [9.17, 15) is 10.1 Å². The van der Waals surface area contributed by atoms with E-state index in [1.54, 1.807) is 12.1 Å². The molecule has 2 aromatic rings. The summed E-state index contributed by atoms with van der Waals surface area (Å²) < 4.78 is 0. The first-order valence-corrected chi connectivity index (χ1v) is 6.60. The van der Waals surface area contributed by atoms with Crippen molar-refractivity contribution in [2.75, 3.05) is 5.43 Å². The summed E-state index contributed by atoms with van der Waals surface area (Å²) in [4.78, 5) is 10.3. The van der Waals surface area contributed by atoms with E-state index in [0.717, 1.165) is 11.3 Å². The molecule has 0 spiro atoms. The lowest BCUT2D eigenvalue weighted by Crippen LogP contribution is -2.01. The molecule has 0 aliphatic rings. The molecule has 0 radical (unpaired) electrons. The smallest absolute Gasteiger partial charge is 0.271 e. The summed E-state index contributed by atoms with van der Waals surface area (Å²) >= 11 is 0. The van der Waals surface area contributed by atoms with Crippen molar-refractivity contribution in [2.24, 2.45) is 5.10 Å². The lowest BCUT2D eigenvalue weighted by molar-refractivity contribution is -0.384. The second-order valence-corrected chi connectivity index (χ2v) is 4.92. The highest BCUT2D eigenvalue weighted by atomic mass is 16.6. The first-order valence-electron chi connectivity index (χ1n) is 6.60. The van der Waals surface area contributed by atoms with Gasteiger partial charge in [-0.1, -0.05) is 18.2 Å². The highest BCUT2D eigenvalue weighted by molar-refractivity contribution is 5.99. The molecule has 0 heterocycles. The van der Waals surface area contributed by atoms with E-state index in [4.69, 9.17) is 0 Å². The summed E-state index contributed by atoms with van der Waals surface area (Å²) in [6.07, 6.45) is 0. The minimum atomic E-state index is -0.426. The van der Waals surface area contributed by atoms with Crippen LogP contribution in [0.2, 0.25) is 0 Å². The monoisotopic (exact) mass is 283 g/mol. The molecule has 0 amide bonds. The Labute approximate surface area is 123 Å². The molecule has 21 heavy (non-hydrogen) atoms. The quantitative estimate of drug-likeness (QED) is 0.523. The Morgan fingerprint density at radius 2 is 1.90 bits per heavy atom. The molecule has 0 aliphatic heterocycles. The SMILES string of the molecule is C/C(=N\Nc1cccc([N+](=O)[O-])c1)c1ccc(C)c(C)c1. The van der Waals surface area contributed by atoms with Crippen LogP contribution in [0.3, 0.4) is 0 Å². The number of rotatable bonds is 4. The largest absolute Gasteiger partial charge is 0.278 e. The van der Waals surface area contributed by atoms with Crippen molar-refractivity contribution in [1.29, 1.82) is 0 Å². The number of aryl methyl sites for hydroxylation is 2. The highest BCUT2D eigenvalue weighted by Gasteiger charge is 2.05. The van der Waals surface area contributed by atoms with Crippen molar-refractivity contribution in [3.8, 4) is 0 Å². The molecular weight excluding hydrogens is 266 g/mol. The second-order valence-electron chi connectivity index (χ2n) is 4.92. The maximum absolute atomic E-state index is 10.7. The van der Waals surface area contributed by atoms with Gasteiger partial charge >= 0.3 is 0 Å². The van der Waals surface area contributed by atoms with Crippen LogP contribution in [0.4, 0.5) is 11.4 Å². The predicted molar refractivity (Wildman–Crippen MR) is 84.8 cm³/mol. The Morgan fingerprint density at radius 3 is 2.57 bits per heavy atom. The molecule has 5 heteroatoms. The number of non-ortho nitro benzene ring substituents is 1. The lowest BCUT2D eigenvalue weighted by atomic mass is 10.0. The van der Waals surface area contributed by atoms with E-state index in [1.165, 1.54) is 23.3 Å². The summed E-state index contributed by atoms with van der Waals surface area (Å²) in [5.74, 6) is 0. The van der Waals surface area contributed by atoms with Crippen LogP contribution in [0.25, 0.3) is 0 Å². The van der Waals surface area contributed by atoms with Crippen LogP contribution in [0.5, 0.6) is 0 Å². The molecule has 0 unspecified atom stereocenters. The third-order valence-corrected chi connectivity index (χ3v) is 3.33. The number of hydrogen-bond acceptors (Lipinski definition) is 4. The number of benzene rings is 2. The van der Waals surface area contributed by atoms with E-state index >= 15 is 0 Å². The van der Waals surface area contributed by atoms with E-state index in [-0.39, 0.29) is 5.69 Å². The Morgan fingerprint density at radius 1 is 1.14 bits per heavy atom. The Balaban J connectivity index is 2.18. The van der Waals surface area contributed by atoms with Gasteiger partial charge in [0.2, 0.25) is 0 Å². The number of nitrogens with one attached hydrogen (secondary N) is 1. The summed E-state index contributed by atoms with van der Waals surface area (Å²) in [6.45, 7) is 6.02. The standard InChI is InChI=1S/C16H17N3O2/c1-11-7-8-14(9-12(11)2)13(3)17-18-15-5-4-6-16(10-15)19(20)21/h4-10,18H,1-3H3/b17-13+. The van der Waals surface area contributed by atoms with E-state index < -0.39 is 4.92 Å². The van der Waals surface area contributed by atoms with Gasteiger partial charge < -0.3 is 0 Å². The molecule has 0 saturated heterocycles. The molecular formula is C16H17N3O2. The van der Waals surface area contributed by atoms with Crippen LogP contribution in [0.15, 0.2) is 47.6 Å². The molecule has 0 saturated carbocycles. The summed E-state index contributed by atoms with van der Waals surface area (Å²) in [6, 6.07) is 12.4. The third-order valence-electron chi connectivity index (χ3n) is 3.33. The molecule has 1 N–H and O–H groups in total. The zero-order valence-electron chi connectivity index (χ0n) is 12.3. The Bertz CT molecular complexity index is 708. The van der Waals surface area contributed by atoms with Gasteiger partial charge in [-0.15, -0.1) is 0 Å². The minimum absolute atomic E-state index is 0.0408. The number of anilines is 1. The van der Waals surface area contributed by atoms with Crippen LogP contribution >= 0.6 is 0 Å². The van der Waals surface area contributed by atoms with Gasteiger partial charge in [0.25, 0.3) is 5.69 Å². The van der Waals surface area contributed by atoms with Gasteiger partial charge in [0.1, 0.15) is 0 Å². The Hall–Kier alpha value is -2.69. The van der Waals surface area contributed by atoms with Crippen molar-refractivity contribution >= 4 is 17.1 Å². The average molecular weight is 283 g/mol. The topological polar surface area (TPSA) is 67.5 Å². The molecule has 0 atom stereocenters. The number of nitro groups is 1. The van der Waals surface area contributed by atoms with Crippen LogP contribution in [0, 0.1) is 24.0 Å². The maximum Gasteiger partial charge on any atom is 0.271 e. The fourth-order valence-corrected chi connectivity index (χ4v) is 1.87. The van der Waals surface area contributed by atoms with E-state index in [2.05, 4.69) is 36.5 Å². The van der Waals surface area contributed by atoms with Gasteiger partial charge in [-0.2, -0.15) is 5.10 Å². The predicted octanol–water partition coefficient (Wildman–Crippen LogP) is 4.05. The van der Waals surface area contributed by atoms with Crippen molar-refractivity contribution in [1.82, 2.24) is 0 Å². The highest BCUT2D eigenvalue weighted by Crippen LogP contribution is 2.17. The first kappa shape index (κ1) is 14.7. The molecule has 108 valence electrons. The van der Waals surface area contributed by atoms with Crippen LogP contribution in [-0.2, 0) is 0 Å². The van der Waals surface area contributed by atoms with Crippen molar-refractivity contribution in [3.63, 3.8) is 0 Å². The van der Waals surface area contributed by atoms with E-state index in [1.807, 2.05) is 13.0 Å². The third kappa shape index (κ3) is 3.66. The van der Waals surface area contributed by atoms with Crippen LogP contribution in [0.1, 0.15) is 23.6 Å². The summed E-state index contributed by atoms with van der Waals surface area (Å²) in [5, 5.41) is 15.0. The molecule has 2 rings (SSSR count). The van der Waals surface area contributed by atoms with Gasteiger partial charge in [0.05, 0.1) is 16.3 Å². The number of nitro benzene ring substituents is 1. The van der Waals surface area contributed by atoms with Gasteiger partial charge in [-0.25, -0.2) is 0 Å². The number of nitrogens with zero attached hydrogens (tertiary/aromatic N) is 2. The molecule has 0 aromatic heterocycles. The molecule has 0 aliphatic carbocycles. The van der Waals surface area contributed by atoms with Crippen LogP contribution in [-0.4, -0.2) is 10.6 Å². The number of hydrazone groups is 1. The van der Waals surface area contributed by atoms with Gasteiger partial charge in [0, 0.05) is 12.1 Å². The zero-order chi connectivity index (χ0) is 15.4. The summed E-state index contributed by atoms with van der Waals surface area (Å²) in [5.41, 5.74) is 7.77. The molecule has 0 fully saturated rings. The lowest BCUT2D eigenvalue weighted by Gasteiger charge is -2.06. The molecule has 0 bridgehead atoms. The van der Waals surface area contributed by atoms with Crippen molar-refractivity contribution < 1.29 is 4.92 Å². The summed E-state index contributed by atoms with van der Waals surface area (Å²) in [7, 11) is 0. The first-order chi connectivity index (χ1) is 9.97. The van der Waals surface area contributed by atoms with Crippen molar-refractivity contribution in [3.05, 3.63) is 69.3 Å². The zero-order valence-corrected chi connectivity index (χ0v) is 12.3.